The Labute approximate surface area is 314 Å². The van der Waals surface area contributed by atoms with E-state index in [9.17, 15) is 9.59 Å². The molecule has 0 saturated carbocycles. The van der Waals surface area contributed by atoms with Gasteiger partial charge in [-0.3, -0.25) is 19.5 Å². The zero-order valence-electron chi connectivity index (χ0n) is 29.2. The van der Waals surface area contributed by atoms with Crippen molar-refractivity contribution in [2.75, 3.05) is 19.7 Å². The van der Waals surface area contributed by atoms with Crippen LogP contribution in [0.25, 0.3) is 11.1 Å². The standard InChI is InChI=1S/C36H37Cl2N5O4.C3H6O2/c1-23-26(22-47-34-16-33(27(18-40)15-30(34)37)46-21-25-14-24(17-39)19-42-20-25)6-2-7-28(23)29-8-3-10-32(35(29)38)45-13-5-12-43-11-4-9-31(43)36(41)44;1-2-3(4)5/h2-3,6-8,10,14-16,19-20,31H,4-5,9,11-13,18,21-22,40H2,1H3,(H2,41,44);2H2,1H3,(H,4,5). The zero-order chi connectivity index (χ0) is 37.6. The number of primary amides is 1. The van der Waals surface area contributed by atoms with Gasteiger partial charge in [-0.1, -0.05) is 60.5 Å². The average Bonchev–Trinajstić information content (AvgIpc) is 3.63. The number of halogens is 2. The van der Waals surface area contributed by atoms with Gasteiger partial charge in [-0.15, -0.1) is 0 Å². The van der Waals surface area contributed by atoms with Crippen molar-refractivity contribution in [2.45, 2.75) is 65.3 Å². The molecule has 1 fully saturated rings. The van der Waals surface area contributed by atoms with Gasteiger partial charge in [0.15, 0.2) is 0 Å². The van der Waals surface area contributed by atoms with Crippen molar-refractivity contribution in [1.82, 2.24) is 9.88 Å². The number of likely N-dealkylation sites (tertiary alicyclic amines) is 1. The molecule has 274 valence electrons. The van der Waals surface area contributed by atoms with Crippen LogP contribution in [-0.2, 0) is 29.3 Å². The van der Waals surface area contributed by atoms with Gasteiger partial charge < -0.3 is 30.8 Å². The summed E-state index contributed by atoms with van der Waals surface area (Å²) in [6.07, 6.45) is 5.92. The molecule has 1 unspecified atom stereocenters. The minimum atomic E-state index is -0.745. The summed E-state index contributed by atoms with van der Waals surface area (Å²) in [6.45, 7) is 6.40. The van der Waals surface area contributed by atoms with Gasteiger partial charge in [0, 0.05) is 54.7 Å². The Kier molecular flexibility index (Phi) is 15.1. The molecule has 5 N–H and O–H groups in total. The molecule has 0 radical (unpaired) electrons. The number of hydrogen-bond donors (Lipinski definition) is 3. The van der Waals surface area contributed by atoms with Crippen LogP contribution < -0.4 is 25.7 Å². The number of carbonyl (C=O) groups is 2. The number of carboxylic acids is 1. The van der Waals surface area contributed by atoms with Crippen molar-refractivity contribution in [2.24, 2.45) is 11.5 Å². The van der Waals surface area contributed by atoms with Crippen LogP contribution in [0.4, 0.5) is 0 Å². The van der Waals surface area contributed by atoms with Crippen LogP contribution in [-0.4, -0.2) is 52.6 Å². The molecule has 13 heteroatoms. The number of rotatable bonds is 15. The van der Waals surface area contributed by atoms with E-state index in [4.69, 9.17) is 59.2 Å². The molecule has 1 aliphatic rings. The Morgan fingerprint density at radius 1 is 1.00 bits per heavy atom. The molecule has 1 saturated heterocycles. The maximum absolute atomic E-state index is 11.7. The van der Waals surface area contributed by atoms with Gasteiger partial charge in [-0.05, 0) is 67.6 Å². The number of nitriles is 1. The third-order valence-corrected chi connectivity index (χ3v) is 9.26. The second kappa shape index (κ2) is 19.7. The molecule has 1 aliphatic heterocycles. The van der Waals surface area contributed by atoms with Gasteiger partial charge in [0.25, 0.3) is 0 Å². The summed E-state index contributed by atoms with van der Waals surface area (Å²) in [7, 11) is 0. The third-order valence-electron chi connectivity index (χ3n) is 8.58. The number of amides is 1. The van der Waals surface area contributed by atoms with E-state index in [0.29, 0.717) is 39.5 Å². The van der Waals surface area contributed by atoms with Gasteiger partial charge in [-0.25, -0.2) is 0 Å². The van der Waals surface area contributed by atoms with Gasteiger partial charge >= 0.3 is 5.97 Å². The molecule has 1 aromatic heterocycles. The first kappa shape index (κ1) is 39.9. The Morgan fingerprint density at radius 2 is 1.73 bits per heavy atom. The molecule has 2 heterocycles. The fourth-order valence-electron chi connectivity index (χ4n) is 5.75. The zero-order valence-corrected chi connectivity index (χ0v) is 30.8. The van der Waals surface area contributed by atoms with Gasteiger partial charge in [-0.2, -0.15) is 5.26 Å². The first-order chi connectivity index (χ1) is 25.1. The van der Waals surface area contributed by atoms with Crippen molar-refractivity contribution in [1.29, 1.82) is 5.26 Å². The fourth-order valence-corrected chi connectivity index (χ4v) is 6.28. The topological polar surface area (TPSA) is 174 Å². The van der Waals surface area contributed by atoms with Crippen molar-refractivity contribution >= 4 is 35.1 Å². The van der Waals surface area contributed by atoms with Crippen LogP contribution in [0.15, 0.2) is 67.0 Å². The fraction of sp³-hybridized carbons (Fsp3) is 0.333. The van der Waals surface area contributed by atoms with E-state index in [0.717, 1.165) is 65.7 Å². The molecule has 52 heavy (non-hydrogen) atoms. The average molecular weight is 749 g/mol. The quantitative estimate of drug-likeness (QED) is 0.107. The SMILES string of the molecule is CCC(=O)O.Cc1c(COc2cc(OCc3cncc(C#N)c3)c(CN)cc2Cl)cccc1-c1cccc(OCCCN2CCCC2C(N)=O)c1Cl. The maximum atomic E-state index is 11.7. The number of carbonyl (C=O) groups excluding carboxylic acids is 1. The number of aliphatic carboxylic acids is 1. The first-order valence-electron chi connectivity index (χ1n) is 16.9. The third kappa shape index (κ3) is 10.8. The first-order valence-corrected chi connectivity index (χ1v) is 17.7. The minimum absolute atomic E-state index is 0.185. The number of carboxylic acid groups (broad SMARTS) is 1. The lowest BCUT2D eigenvalue weighted by atomic mass is 9.96. The summed E-state index contributed by atoms with van der Waals surface area (Å²) in [5, 5.41) is 17.8. The second-order valence-electron chi connectivity index (χ2n) is 12.1. The normalized spacial score (nSPS) is 13.8. The molecular formula is C39H43Cl2N5O6. The molecule has 5 rings (SSSR count). The van der Waals surface area contributed by atoms with Crippen LogP contribution in [0.1, 0.15) is 60.4 Å². The number of pyridine rings is 1. The van der Waals surface area contributed by atoms with E-state index in [2.05, 4.69) is 16.0 Å². The largest absolute Gasteiger partial charge is 0.492 e. The summed E-state index contributed by atoms with van der Waals surface area (Å²) < 4.78 is 18.3. The monoisotopic (exact) mass is 747 g/mol. The lowest BCUT2D eigenvalue weighted by Crippen LogP contribution is -2.40. The predicted octanol–water partition coefficient (Wildman–Crippen LogP) is 7.05. The van der Waals surface area contributed by atoms with E-state index in [-0.39, 0.29) is 38.1 Å². The summed E-state index contributed by atoms with van der Waals surface area (Å²) in [6, 6.07) is 18.8. The van der Waals surface area contributed by atoms with E-state index < -0.39 is 5.97 Å². The highest BCUT2D eigenvalue weighted by molar-refractivity contribution is 6.35. The molecule has 3 aromatic carbocycles. The van der Waals surface area contributed by atoms with Crippen LogP contribution in [0.3, 0.4) is 0 Å². The van der Waals surface area contributed by atoms with Crippen molar-refractivity contribution in [3.63, 3.8) is 0 Å². The van der Waals surface area contributed by atoms with E-state index in [1.807, 2.05) is 43.3 Å². The molecule has 1 atom stereocenters. The summed E-state index contributed by atoms with van der Waals surface area (Å²) in [4.78, 5) is 27.3. The lowest BCUT2D eigenvalue weighted by Gasteiger charge is -2.21. The maximum Gasteiger partial charge on any atom is 0.303 e. The summed E-state index contributed by atoms with van der Waals surface area (Å²) in [5.41, 5.74) is 17.2. The highest BCUT2D eigenvalue weighted by Gasteiger charge is 2.28. The Hall–Kier alpha value is -4.86. The van der Waals surface area contributed by atoms with Crippen LogP contribution in [0.5, 0.6) is 17.2 Å². The minimum Gasteiger partial charge on any atom is -0.492 e. The number of ether oxygens (including phenoxy) is 3. The summed E-state index contributed by atoms with van der Waals surface area (Å²) >= 11 is 13.5. The van der Waals surface area contributed by atoms with Crippen LogP contribution in [0.2, 0.25) is 10.0 Å². The molecule has 1 amide bonds. The number of nitrogens with two attached hydrogens (primary N) is 2. The Balaban J connectivity index is 0.00000113. The van der Waals surface area contributed by atoms with E-state index >= 15 is 0 Å². The van der Waals surface area contributed by atoms with Gasteiger partial charge in [0.2, 0.25) is 5.91 Å². The van der Waals surface area contributed by atoms with Gasteiger partial charge in [0.05, 0.1) is 28.3 Å². The van der Waals surface area contributed by atoms with Crippen molar-refractivity contribution in [3.8, 4) is 34.4 Å². The number of aromatic nitrogens is 1. The van der Waals surface area contributed by atoms with Gasteiger partial charge in [0.1, 0.15) is 36.5 Å². The van der Waals surface area contributed by atoms with E-state index in [1.54, 1.807) is 31.3 Å². The second-order valence-corrected chi connectivity index (χ2v) is 12.9. The molecule has 4 aromatic rings. The summed E-state index contributed by atoms with van der Waals surface area (Å²) in [5.74, 6) is 0.591. The molecule has 0 aliphatic carbocycles. The molecule has 11 nitrogen and oxygen atoms in total. The van der Waals surface area contributed by atoms with Crippen LogP contribution in [0, 0.1) is 18.3 Å². The van der Waals surface area contributed by atoms with Crippen molar-refractivity contribution < 1.29 is 28.9 Å². The molecule has 0 spiro atoms. The highest BCUT2D eigenvalue weighted by atomic mass is 35.5. The van der Waals surface area contributed by atoms with Crippen LogP contribution >= 0.6 is 23.2 Å². The highest BCUT2D eigenvalue weighted by Crippen LogP contribution is 2.38. The Bertz CT molecular complexity index is 1900. The van der Waals surface area contributed by atoms with Crippen molar-refractivity contribution in [3.05, 3.63) is 105 Å². The van der Waals surface area contributed by atoms with E-state index in [1.165, 1.54) is 6.20 Å². The number of nitrogens with zero attached hydrogens (tertiary/aromatic N) is 3. The number of benzene rings is 3. The Morgan fingerprint density at radius 3 is 2.44 bits per heavy atom. The predicted molar refractivity (Wildman–Crippen MR) is 200 cm³/mol. The smallest absolute Gasteiger partial charge is 0.303 e. The molecular weight excluding hydrogens is 705 g/mol. The molecule has 0 bridgehead atoms. The number of hydrogen-bond acceptors (Lipinski definition) is 9. The lowest BCUT2D eigenvalue weighted by molar-refractivity contribution is -0.136.